The summed E-state index contributed by atoms with van der Waals surface area (Å²) in [7, 11) is -1.57. The number of hydrogen-bond donors (Lipinski definition) is 2. The van der Waals surface area contributed by atoms with Crippen molar-refractivity contribution in [3.05, 3.63) is 47.8 Å². The number of aliphatic hydroxyl groups is 1. The third-order valence-electron chi connectivity index (χ3n) is 6.50. The molecule has 0 bridgehead atoms. The highest BCUT2D eigenvalue weighted by atomic mass is 28.3. The van der Waals surface area contributed by atoms with Crippen molar-refractivity contribution in [3.63, 3.8) is 0 Å². The number of benzene rings is 1. The Morgan fingerprint density at radius 1 is 1.15 bits per heavy atom. The van der Waals surface area contributed by atoms with Crippen molar-refractivity contribution < 1.29 is 9.84 Å². The number of aromatic nitrogens is 3. The van der Waals surface area contributed by atoms with E-state index in [1.807, 2.05) is 28.8 Å². The fourth-order valence-corrected chi connectivity index (χ4v) is 5.22. The van der Waals surface area contributed by atoms with E-state index >= 15 is 0 Å². The lowest BCUT2D eigenvalue weighted by Crippen LogP contribution is -2.43. The summed E-state index contributed by atoms with van der Waals surface area (Å²) in [6, 6.07) is 11.0. The standard InChI is InChI=1S/C26H33N5O2Si/c1-34(2,3)14-11-19-16-23(31-24(19)25(27)28-17-29-31)18-5-4-6-20(15-18)26(32)30(21-7-8-21)22-9-12-33-13-10-22/h4-6,15-17,21-22,26,32H,7-10,12-13H2,1-3H3,(H2,27,28,29). The lowest BCUT2D eigenvalue weighted by Gasteiger charge is -2.38. The minimum absolute atomic E-state index is 0.352. The summed E-state index contributed by atoms with van der Waals surface area (Å²) in [4.78, 5) is 6.51. The molecule has 2 fully saturated rings. The molecule has 178 valence electrons. The van der Waals surface area contributed by atoms with Gasteiger partial charge in [0.05, 0.1) is 11.3 Å². The predicted octanol–water partition coefficient (Wildman–Crippen LogP) is 3.84. The van der Waals surface area contributed by atoms with Crippen LogP contribution >= 0.6 is 0 Å². The summed E-state index contributed by atoms with van der Waals surface area (Å²) >= 11 is 0. The van der Waals surface area contributed by atoms with Gasteiger partial charge in [-0.25, -0.2) is 9.50 Å². The predicted molar refractivity (Wildman–Crippen MR) is 137 cm³/mol. The molecule has 0 radical (unpaired) electrons. The molecule has 1 aliphatic heterocycles. The number of nitrogens with two attached hydrogens (primary N) is 1. The topological polar surface area (TPSA) is 88.9 Å². The lowest BCUT2D eigenvalue weighted by molar-refractivity contribution is -0.0654. The number of anilines is 1. The van der Waals surface area contributed by atoms with Crippen LogP contribution in [0.1, 0.15) is 43.0 Å². The van der Waals surface area contributed by atoms with E-state index in [-0.39, 0.29) is 0 Å². The molecule has 7 nitrogen and oxygen atoms in total. The molecule has 5 rings (SSSR count). The second-order valence-corrected chi connectivity index (χ2v) is 15.1. The van der Waals surface area contributed by atoms with Gasteiger partial charge in [-0.15, -0.1) is 5.54 Å². The molecule has 2 aliphatic rings. The Balaban J connectivity index is 1.54. The Bertz CT molecular complexity index is 1250. The van der Waals surface area contributed by atoms with Crippen LogP contribution in [0, 0.1) is 11.5 Å². The van der Waals surface area contributed by atoms with E-state index in [9.17, 15) is 5.11 Å². The Morgan fingerprint density at radius 2 is 1.88 bits per heavy atom. The third-order valence-corrected chi connectivity index (χ3v) is 7.37. The van der Waals surface area contributed by atoms with Gasteiger partial charge < -0.3 is 15.6 Å². The zero-order valence-electron chi connectivity index (χ0n) is 20.2. The van der Waals surface area contributed by atoms with Crippen molar-refractivity contribution in [2.24, 2.45) is 0 Å². The molecule has 3 N–H and O–H groups in total. The molecule has 3 aromatic rings. The molecule has 1 unspecified atom stereocenters. The number of hydrogen-bond acceptors (Lipinski definition) is 6. The van der Waals surface area contributed by atoms with Crippen molar-refractivity contribution in [1.82, 2.24) is 19.5 Å². The fraction of sp³-hybridized carbons (Fsp3) is 0.462. The van der Waals surface area contributed by atoms with E-state index in [1.165, 1.54) is 6.33 Å². The van der Waals surface area contributed by atoms with Crippen LogP contribution in [0.3, 0.4) is 0 Å². The van der Waals surface area contributed by atoms with Crippen molar-refractivity contribution >= 4 is 19.4 Å². The summed E-state index contributed by atoms with van der Waals surface area (Å²) in [5.74, 6) is 3.76. The normalized spacial score (nSPS) is 18.1. The van der Waals surface area contributed by atoms with Crippen LogP contribution in [0.4, 0.5) is 5.82 Å². The average molecular weight is 476 g/mol. The third kappa shape index (κ3) is 4.75. The number of aliphatic hydroxyl groups excluding tert-OH is 1. The molecule has 34 heavy (non-hydrogen) atoms. The van der Waals surface area contributed by atoms with E-state index in [4.69, 9.17) is 10.5 Å². The number of ether oxygens (including phenoxy) is 1. The number of rotatable bonds is 5. The largest absolute Gasteiger partial charge is 0.382 e. The molecule has 1 aromatic carbocycles. The van der Waals surface area contributed by atoms with Gasteiger partial charge in [0.15, 0.2) is 5.82 Å². The monoisotopic (exact) mass is 475 g/mol. The number of nitrogens with zero attached hydrogens (tertiary/aromatic N) is 4. The minimum atomic E-state index is -1.57. The Morgan fingerprint density at radius 3 is 2.59 bits per heavy atom. The second-order valence-electron chi connectivity index (χ2n) is 10.4. The molecule has 1 aliphatic carbocycles. The molecular weight excluding hydrogens is 442 g/mol. The highest BCUT2D eigenvalue weighted by Gasteiger charge is 2.39. The first-order chi connectivity index (χ1) is 16.3. The van der Waals surface area contributed by atoms with Crippen molar-refractivity contribution in [2.45, 2.75) is 63.6 Å². The van der Waals surface area contributed by atoms with Crippen molar-refractivity contribution in [2.75, 3.05) is 18.9 Å². The summed E-state index contributed by atoms with van der Waals surface area (Å²) in [5, 5.41) is 16.0. The van der Waals surface area contributed by atoms with Crippen LogP contribution in [0.2, 0.25) is 19.6 Å². The molecule has 8 heteroatoms. The van der Waals surface area contributed by atoms with Crippen LogP contribution in [0.5, 0.6) is 0 Å². The molecule has 2 aromatic heterocycles. The summed E-state index contributed by atoms with van der Waals surface area (Å²) < 4.78 is 7.38. The Kier molecular flexibility index (Phi) is 6.21. The van der Waals surface area contributed by atoms with Crippen molar-refractivity contribution in [1.29, 1.82) is 0 Å². The average Bonchev–Trinajstić information content (AvgIpc) is 3.58. The molecular formula is C26H33N5O2Si. The zero-order valence-corrected chi connectivity index (χ0v) is 21.2. The van der Waals surface area contributed by atoms with Crippen LogP contribution in [0.25, 0.3) is 16.8 Å². The first kappa shape index (κ1) is 23.1. The highest BCUT2D eigenvalue weighted by Crippen LogP contribution is 2.38. The van der Waals surface area contributed by atoms with E-state index in [1.54, 1.807) is 0 Å². The smallest absolute Gasteiger partial charge is 0.152 e. The van der Waals surface area contributed by atoms with Crippen LogP contribution in [-0.2, 0) is 4.74 Å². The van der Waals surface area contributed by atoms with Crippen molar-refractivity contribution in [3.8, 4) is 22.7 Å². The van der Waals surface area contributed by atoms with E-state index in [2.05, 4.69) is 52.2 Å². The van der Waals surface area contributed by atoms with Gasteiger partial charge in [0.2, 0.25) is 0 Å². The summed E-state index contributed by atoms with van der Waals surface area (Å²) in [6.45, 7) is 8.17. The molecule has 1 saturated carbocycles. The van der Waals surface area contributed by atoms with Gasteiger partial charge in [-0.05, 0) is 43.4 Å². The number of nitrogen functional groups attached to an aromatic ring is 1. The minimum Gasteiger partial charge on any atom is -0.382 e. The SMILES string of the molecule is C[Si](C)(C)C#Cc1cc(-c2cccc(C(O)N(C3CCOCC3)C3CC3)c2)n2ncnc(N)c12. The van der Waals surface area contributed by atoms with Gasteiger partial charge >= 0.3 is 0 Å². The first-order valence-electron chi connectivity index (χ1n) is 12.1. The van der Waals surface area contributed by atoms with Gasteiger partial charge in [-0.1, -0.05) is 43.8 Å². The Hall–Kier alpha value is -2.70. The van der Waals surface area contributed by atoms with E-state index in [0.717, 1.165) is 66.8 Å². The fourth-order valence-electron chi connectivity index (χ4n) is 4.71. The summed E-state index contributed by atoms with van der Waals surface area (Å²) in [6.07, 6.45) is 5.05. The van der Waals surface area contributed by atoms with Crippen LogP contribution in [0.15, 0.2) is 36.7 Å². The van der Waals surface area contributed by atoms with Gasteiger partial charge in [0.1, 0.15) is 26.1 Å². The van der Waals surface area contributed by atoms with E-state index in [0.29, 0.717) is 17.9 Å². The molecule has 3 heterocycles. The molecule has 1 atom stereocenters. The van der Waals surface area contributed by atoms with E-state index < -0.39 is 14.3 Å². The maximum Gasteiger partial charge on any atom is 0.152 e. The molecule has 0 amide bonds. The zero-order chi connectivity index (χ0) is 23.9. The molecule has 1 saturated heterocycles. The highest BCUT2D eigenvalue weighted by molar-refractivity contribution is 6.83. The number of fused-ring (bicyclic) bond motifs is 1. The summed E-state index contributed by atoms with van der Waals surface area (Å²) in [5.41, 5.74) is 14.0. The Labute approximate surface area is 201 Å². The lowest BCUT2D eigenvalue weighted by atomic mass is 10.0. The van der Waals surface area contributed by atoms with Crippen LogP contribution in [-0.4, -0.2) is 58.0 Å². The maximum absolute atomic E-state index is 11.5. The van der Waals surface area contributed by atoms with Gasteiger partial charge in [-0.3, -0.25) is 4.90 Å². The second kappa shape index (κ2) is 9.15. The quantitative estimate of drug-likeness (QED) is 0.331. The van der Waals surface area contributed by atoms with Crippen LogP contribution < -0.4 is 5.73 Å². The maximum atomic E-state index is 11.5. The van der Waals surface area contributed by atoms with Gasteiger partial charge in [0, 0.05) is 30.9 Å². The van der Waals surface area contributed by atoms with Gasteiger partial charge in [-0.2, -0.15) is 5.10 Å². The molecule has 0 spiro atoms. The van der Waals surface area contributed by atoms with Gasteiger partial charge in [0.25, 0.3) is 0 Å². The first-order valence-corrected chi connectivity index (χ1v) is 15.6.